The van der Waals surface area contributed by atoms with E-state index in [0.29, 0.717) is 0 Å². The van der Waals surface area contributed by atoms with E-state index in [9.17, 15) is 4.79 Å². The number of rotatable bonds is 5. The topological polar surface area (TPSA) is 52.7 Å². The molecule has 0 saturated carbocycles. The van der Waals surface area contributed by atoms with Gasteiger partial charge in [0, 0.05) is 18.0 Å². The number of carbonyl (C=O) groups is 1. The van der Waals surface area contributed by atoms with Crippen molar-refractivity contribution in [3.8, 4) is 11.1 Å². The van der Waals surface area contributed by atoms with Gasteiger partial charge in [-0.05, 0) is 24.5 Å². The van der Waals surface area contributed by atoms with Crippen LogP contribution in [0.25, 0.3) is 11.1 Å². The SMILES string of the molecule is CCCc1nn(C(=O)n2cccn2)c(CCC)c1-c1ccccc1. The van der Waals surface area contributed by atoms with E-state index in [1.807, 2.05) is 18.2 Å². The third-order valence-corrected chi connectivity index (χ3v) is 3.97. The maximum atomic E-state index is 12.8. The Labute approximate surface area is 141 Å². The van der Waals surface area contributed by atoms with Gasteiger partial charge in [-0.15, -0.1) is 0 Å². The van der Waals surface area contributed by atoms with Crippen molar-refractivity contribution in [1.82, 2.24) is 19.6 Å². The minimum atomic E-state index is -0.233. The van der Waals surface area contributed by atoms with E-state index in [1.165, 1.54) is 9.36 Å². The molecular weight excluding hydrogens is 300 g/mol. The van der Waals surface area contributed by atoms with Gasteiger partial charge in [-0.25, -0.2) is 4.79 Å². The summed E-state index contributed by atoms with van der Waals surface area (Å²) < 4.78 is 2.86. The molecule has 0 aliphatic carbocycles. The van der Waals surface area contributed by atoms with Crippen molar-refractivity contribution in [2.45, 2.75) is 39.5 Å². The van der Waals surface area contributed by atoms with Crippen molar-refractivity contribution < 1.29 is 4.79 Å². The number of hydrogen-bond acceptors (Lipinski definition) is 3. The summed E-state index contributed by atoms with van der Waals surface area (Å²) in [4.78, 5) is 12.8. The second kappa shape index (κ2) is 7.25. The average molecular weight is 322 g/mol. The molecule has 0 spiro atoms. The second-order valence-corrected chi connectivity index (χ2v) is 5.78. The summed E-state index contributed by atoms with van der Waals surface area (Å²) in [5, 5.41) is 8.71. The van der Waals surface area contributed by atoms with Crippen LogP contribution in [0.3, 0.4) is 0 Å². The molecule has 5 heteroatoms. The molecule has 0 radical (unpaired) electrons. The third kappa shape index (κ3) is 3.02. The van der Waals surface area contributed by atoms with Gasteiger partial charge in [0.15, 0.2) is 0 Å². The molecule has 24 heavy (non-hydrogen) atoms. The minimum Gasteiger partial charge on any atom is -0.244 e. The maximum absolute atomic E-state index is 12.8. The number of carbonyl (C=O) groups excluding carboxylic acids is 1. The first-order valence-electron chi connectivity index (χ1n) is 8.46. The Hall–Kier alpha value is -2.69. The van der Waals surface area contributed by atoms with Crippen molar-refractivity contribution in [3.63, 3.8) is 0 Å². The Morgan fingerprint density at radius 3 is 2.42 bits per heavy atom. The normalized spacial score (nSPS) is 10.9. The summed E-state index contributed by atoms with van der Waals surface area (Å²) in [7, 11) is 0. The van der Waals surface area contributed by atoms with Gasteiger partial charge in [0.2, 0.25) is 0 Å². The van der Waals surface area contributed by atoms with E-state index < -0.39 is 0 Å². The van der Waals surface area contributed by atoms with Gasteiger partial charge in [-0.1, -0.05) is 57.0 Å². The quantitative estimate of drug-likeness (QED) is 0.708. The van der Waals surface area contributed by atoms with Crippen molar-refractivity contribution in [2.75, 3.05) is 0 Å². The molecule has 0 aliphatic heterocycles. The fourth-order valence-electron chi connectivity index (χ4n) is 2.96. The monoisotopic (exact) mass is 322 g/mol. The van der Waals surface area contributed by atoms with E-state index in [1.54, 1.807) is 18.5 Å². The maximum Gasteiger partial charge on any atom is 0.369 e. The lowest BCUT2D eigenvalue weighted by Gasteiger charge is -2.08. The highest BCUT2D eigenvalue weighted by Gasteiger charge is 2.22. The van der Waals surface area contributed by atoms with Crippen LogP contribution in [-0.4, -0.2) is 25.6 Å². The van der Waals surface area contributed by atoms with Gasteiger partial charge in [-0.2, -0.15) is 19.6 Å². The first kappa shape index (κ1) is 16.2. The highest BCUT2D eigenvalue weighted by atomic mass is 16.2. The van der Waals surface area contributed by atoms with Crippen LogP contribution in [0.4, 0.5) is 4.79 Å². The summed E-state index contributed by atoms with van der Waals surface area (Å²) in [6, 6.07) is 11.7. The molecule has 5 nitrogen and oxygen atoms in total. The Morgan fingerprint density at radius 2 is 1.79 bits per heavy atom. The first-order chi connectivity index (χ1) is 11.8. The van der Waals surface area contributed by atoms with Gasteiger partial charge < -0.3 is 0 Å². The standard InChI is InChI=1S/C19H22N4O/c1-3-9-16-18(15-11-6-5-7-12-15)17(10-4-2)23(21-16)19(24)22-14-8-13-20-22/h5-8,11-14H,3-4,9-10H2,1-2H3. The lowest BCUT2D eigenvalue weighted by Crippen LogP contribution is -2.23. The molecule has 0 aliphatic rings. The zero-order valence-corrected chi connectivity index (χ0v) is 14.1. The number of aryl methyl sites for hydroxylation is 1. The van der Waals surface area contributed by atoms with E-state index in [0.717, 1.165) is 48.2 Å². The second-order valence-electron chi connectivity index (χ2n) is 5.78. The van der Waals surface area contributed by atoms with Crippen LogP contribution >= 0.6 is 0 Å². The van der Waals surface area contributed by atoms with Crippen LogP contribution in [0.5, 0.6) is 0 Å². The molecule has 0 atom stereocenters. The number of nitrogens with zero attached hydrogens (tertiary/aromatic N) is 4. The smallest absolute Gasteiger partial charge is 0.244 e. The molecule has 3 rings (SSSR count). The fraction of sp³-hybridized carbons (Fsp3) is 0.316. The molecule has 0 bridgehead atoms. The summed E-state index contributed by atoms with van der Waals surface area (Å²) in [5.41, 5.74) is 4.16. The molecule has 2 aromatic heterocycles. The predicted molar refractivity (Wildman–Crippen MR) is 94.1 cm³/mol. The highest BCUT2D eigenvalue weighted by Crippen LogP contribution is 2.29. The molecule has 0 unspecified atom stereocenters. The lowest BCUT2D eigenvalue weighted by atomic mass is 9.99. The van der Waals surface area contributed by atoms with Gasteiger partial charge in [0.1, 0.15) is 0 Å². The minimum absolute atomic E-state index is 0.233. The fourth-order valence-corrected chi connectivity index (χ4v) is 2.96. The molecule has 0 amide bonds. The van der Waals surface area contributed by atoms with Crippen molar-refractivity contribution in [3.05, 3.63) is 60.2 Å². The van der Waals surface area contributed by atoms with Gasteiger partial charge >= 0.3 is 6.03 Å². The Kier molecular flexibility index (Phi) is 4.89. The van der Waals surface area contributed by atoms with Gasteiger partial charge in [0.05, 0.1) is 11.4 Å². The predicted octanol–water partition coefficient (Wildman–Crippen LogP) is 4.17. The number of hydrogen-bond donors (Lipinski definition) is 0. The van der Waals surface area contributed by atoms with E-state index >= 15 is 0 Å². The van der Waals surface area contributed by atoms with Crippen molar-refractivity contribution >= 4 is 6.03 Å². The molecular formula is C19H22N4O. The van der Waals surface area contributed by atoms with Gasteiger partial charge in [-0.3, -0.25) is 0 Å². The van der Waals surface area contributed by atoms with E-state index in [-0.39, 0.29) is 6.03 Å². The summed E-state index contributed by atoms with van der Waals surface area (Å²) in [6.07, 6.45) is 6.84. The molecule has 0 N–H and O–H groups in total. The largest absolute Gasteiger partial charge is 0.369 e. The Bertz CT molecular complexity index is 804. The molecule has 2 heterocycles. The molecule has 0 fully saturated rings. The zero-order valence-electron chi connectivity index (χ0n) is 14.1. The zero-order chi connectivity index (χ0) is 16.9. The van der Waals surface area contributed by atoms with Crippen molar-refractivity contribution in [2.24, 2.45) is 0 Å². The van der Waals surface area contributed by atoms with Crippen LogP contribution in [0.2, 0.25) is 0 Å². The number of aromatic nitrogens is 4. The van der Waals surface area contributed by atoms with Crippen LogP contribution in [0.15, 0.2) is 48.8 Å². The van der Waals surface area contributed by atoms with Crippen LogP contribution < -0.4 is 0 Å². The summed E-state index contributed by atoms with van der Waals surface area (Å²) in [6.45, 7) is 4.24. The van der Waals surface area contributed by atoms with E-state index in [2.05, 4.69) is 36.2 Å². The Morgan fingerprint density at radius 1 is 1.04 bits per heavy atom. The van der Waals surface area contributed by atoms with Crippen LogP contribution in [-0.2, 0) is 12.8 Å². The van der Waals surface area contributed by atoms with Gasteiger partial charge in [0.25, 0.3) is 0 Å². The summed E-state index contributed by atoms with van der Waals surface area (Å²) in [5.74, 6) is 0. The van der Waals surface area contributed by atoms with Crippen LogP contribution in [0.1, 0.15) is 38.1 Å². The molecule has 124 valence electrons. The lowest BCUT2D eigenvalue weighted by molar-refractivity contribution is 0.237. The first-order valence-corrected chi connectivity index (χ1v) is 8.46. The molecule has 3 aromatic rings. The van der Waals surface area contributed by atoms with E-state index in [4.69, 9.17) is 0 Å². The Balaban J connectivity index is 2.17. The van der Waals surface area contributed by atoms with Crippen LogP contribution in [0, 0.1) is 0 Å². The van der Waals surface area contributed by atoms with Crippen molar-refractivity contribution in [1.29, 1.82) is 0 Å². The summed E-state index contributed by atoms with van der Waals surface area (Å²) >= 11 is 0. The molecule has 0 saturated heterocycles. The molecule has 1 aromatic carbocycles. The highest BCUT2D eigenvalue weighted by molar-refractivity contribution is 5.81. The third-order valence-electron chi connectivity index (χ3n) is 3.97. The average Bonchev–Trinajstić information content (AvgIpc) is 3.24. The number of benzene rings is 1.